The molecule has 0 saturated heterocycles. The van der Waals surface area contributed by atoms with Crippen molar-refractivity contribution in [2.75, 3.05) is 26.2 Å². The van der Waals surface area contributed by atoms with E-state index in [1.165, 1.54) is 17.8 Å². The first-order chi connectivity index (χ1) is 23.6. The van der Waals surface area contributed by atoms with E-state index in [0.29, 0.717) is 47.4 Å². The third-order valence-corrected chi connectivity index (χ3v) is 9.59. The van der Waals surface area contributed by atoms with Crippen molar-refractivity contribution in [3.63, 3.8) is 0 Å². The highest BCUT2D eigenvalue weighted by atomic mass is 35.5. The van der Waals surface area contributed by atoms with E-state index in [9.17, 15) is 18.4 Å². The van der Waals surface area contributed by atoms with Crippen LogP contribution in [-0.2, 0) is 37.1 Å². The van der Waals surface area contributed by atoms with Crippen LogP contribution in [0.25, 0.3) is 11.1 Å². The van der Waals surface area contributed by atoms with Crippen LogP contribution in [0, 0.1) is 11.6 Å². The van der Waals surface area contributed by atoms with Gasteiger partial charge < -0.3 is 14.4 Å². The molecule has 0 atom stereocenters. The highest BCUT2D eigenvalue weighted by molar-refractivity contribution is 7.98. The molecule has 0 bridgehead atoms. The molecule has 3 aromatic carbocycles. The monoisotopic (exact) mass is 704 g/mol. The maximum absolute atomic E-state index is 14.1. The average Bonchev–Trinajstić information content (AvgIpc) is 3.51. The molecule has 0 N–H and O–H groups in total. The maximum Gasteiger partial charge on any atom is 0.277 e. The quantitative estimate of drug-likeness (QED) is 0.0879. The highest BCUT2D eigenvalue weighted by Gasteiger charge is 2.19. The molecule has 2 aromatic heterocycles. The first-order valence-electron chi connectivity index (χ1n) is 16.1. The van der Waals surface area contributed by atoms with Gasteiger partial charge in [-0.2, -0.15) is 10.1 Å². The molecule has 0 spiro atoms. The van der Waals surface area contributed by atoms with Crippen molar-refractivity contribution in [2.24, 2.45) is 7.05 Å². The number of thioether (sulfide) groups is 1. The Kier molecular flexibility index (Phi) is 12.4. The molecule has 5 aromatic rings. The van der Waals surface area contributed by atoms with Crippen LogP contribution in [0.1, 0.15) is 36.1 Å². The number of hydrogen-bond acceptors (Lipinski definition) is 6. The summed E-state index contributed by atoms with van der Waals surface area (Å²) in [7, 11) is 1.80. The lowest BCUT2D eigenvalue weighted by Gasteiger charge is -2.27. The Hall–Kier alpha value is -4.32. The molecule has 0 aliphatic rings. The number of hydrogen-bond donors (Lipinski definition) is 0. The third kappa shape index (κ3) is 9.87. The van der Waals surface area contributed by atoms with Crippen LogP contribution in [0.15, 0.2) is 95.3 Å². The van der Waals surface area contributed by atoms with Crippen LogP contribution in [-0.4, -0.2) is 61.2 Å². The lowest BCUT2D eigenvalue weighted by atomic mass is 10.0. The van der Waals surface area contributed by atoms with E-state index in [4.69, 9.17) is 11.6 Å². The first-order valence-corrected chi connectivity index (χ1v) is 17.5. The van der Waals surface area contributed by atoms with Gasteiger partial charge in [0.1, 0.15) is 6.54 Å². The van der Waals surface area contributed by atoms with E-state index in [0.717, 1.165) is 47.5 Å². The van der Waals surface area contributed by atoms with Crippen molar-refractivity contribution in [2.45, 2.75) is 44.3 Å². The van der Waals surface area contributed by atoms with Gasteiger partial charge in [0.2, 0.25) is 5.91 Å². The maximum atomic E-state index is 14.1. The van der Waals surface area contributed by atoms with Gasteiger partial charge in [-0.15, -0.1) is 0 Å². The molecule has 49 heavy (non-hydrogen) atoms. The predicted molar refractivity (Wildman–Crippen MR) is 191 cm³/mol. The molecule has 8 nitrogen and oxygen atoms in total. The number of benzene rings is 3. The molecular formula is C37H39ClF2N6O2S. The summed E-state index contributed by atoms with van der Waals surface area (Å²) in [5, 5.41) is 5.19. The standard InChI is InChI=1S/C37H39ClF2N6O2S/c1-4-44(5-2)16-17-45(22-26-6-9-29(10-7-26)30-11-13-32(38)14-12-30)35(47)24-46-23-31(18-28-20-41-43(3)21-28)36(48)42-37(46)49-25-27-8-15-33(39)34(40)19-27/h6-15,19-21,23H,4-5,16-18,22,24-25H2,1-3H3. The second-order valence-electron chi connectivity index (χ2n) is 11.8. The van der Waals surface area contributed by atoms with Gasteiger partial charge in [0.25, 0.3) is 5.56 Å². The summed E-state index contributed by atoms with van der Waals surface area (Å²) in [6, 6.07) is 19.5. The third-order valence-electron chi connectivity index (χ3n) is 8.28. The van der Waals surface area contributed by atoms with Gasteiger partial charge >= 0.3 is 0 Å². The number of halogens is 3. The summed E-state index contributed by atoms with van der Waals surface area (Å²) in [5.74, 6) is -1.79. The van der Waals surface area contributed by atoms with Crippen molar-refractivity contribution in [3.05, 3.63) is 135 Å². The molecule has 0 radical (unpaired) electrons. The Bertz CT molecular complexity index is 1930. The zero-order chi connectivity index (χ0) is 34.9. The van der Waals surface area contributed by atoms with E-state index in [-0.39, 0.29) is 18.2 Å². The van der Waals surface area contributed by atoms with Crippen LogP contribution in [0.3, 0.4) is 0 Å². The van der Waals surface area contributed by atoms with E-state index in [1.807, 2.05) is 59.6 Å². The number of rotatable bonds is 15. The molecular weight excluding hydrogens is 666 g/mol. The number of carbonyl (C=O) groups excluding carboxylic acids is 1. The van der Waals surface area contributed by atoms with Crippen LogP contribution < -0.4 is 5.56 Å². The minimum absolute atomic E-state index is 0.0610. The zero-order valence-electron chi connectivity index (χ0n) is 27.8. The Balaban J connectivity index is 1.41. The average molecular weight is 705 g/mol. The molecule has 0 fully saturated rings. The van der Waals surface area contributed by atoms with E-state index in [2.05, 4.69) is 28.8 Å². The predicted octanol–water partition coefficient (Wildman–Crippen LogP) is 6.83. The molecule has 0 saturated carbocycles. The van der Waals surface area contributed by atoms with E-state index in [1.54, 1.807) is 28.7 Å². The normalized spacial score (nSPS) is 11.3. The lowest BCUT2D eigenvalue weighted by Crippen LogP contribution is -2.40. The van der Waals surface area contributed by atoms with Gasteiger partial charge in [-0.3, -0.25) is 14.3 Å². The summed E-state index contributed by atoms with van der Waals surface area (Å²) >= 11 is 7.26. The Morgan fingerprint density at radius 3 is 2.18 bits per heavy atom. The Labute approximate surface area is 294 Å². The fourth-order valence-corrected chi connectivity index (χ4v) is 6.47. The Morgan fingerprint density at radius 2 is 1.55 bits per heavy atom. The van der Waals surface area contributed by atoms with E-state index < -0.39 is 17.2 Å². The van der Waals surface area contributed by atoms with Crippen molar-refractivity contribution in [1.82, 2.24) is 29.1 Å². The molecule has 2 heterocycles. The number of amides is 1. The summed E-state index contributed by atoms with van der Waals surface area (Å²) in [6.45, 7) is 7.46. The van der Waals surface area contributed by atoms with E-state index >= 15 is 0 Å². The summed E-state index contributed by atoms with van der Waals surface area (Å²) in [4.78, 5) is 35.8. The van der Waals surface area contributed by atoms with Gasteiger partial charge in [-0.25, -0.2) is 8.78 Å². The number of nitrogens with zero attached hydrogens (tertiary/aromatic N) is 6. The molecule has 0 aliphatic heterocycles. The second kappa shape index (κ2) is 16.9. The number of aryl methyl sites for hydroxylation is 1. The van der Waals surface area contributed by atoms with Crippen LogP contribution in [0.5, 0.6) is 0 Å². The summed E-state index contributed by atoms with van der Waals surface area (Å²) in [5.41, 5.74) is 4.44. The van der Waals surface area contributed by atoms with Crippen molar-refractivity contribution in [3.8, 4) is 11.1 Å². The number of aromatic nitrogens is 4. The van der Waals surface area contributed by atoms with Crippen LogP contribution in [0.4, 0.5) is 8.78 Å². The topological polar surface area (TPSA) is 76.3 Å². The number of likely N-dealkylation sites (N-methyl/N-ethyl adjacent to an activating group) is 1. The fraction of sp³-hybridized carbons (Fsp3) is 0.297. The Morgan fingerprint density at radius 1 is 0.878 bits per heavy atom. The summed E-state index contributed by atoms with van der Waals surface area (Å²) in [6.07, 6.45) is 5.49. The summed E-state index contributed by atoms with van der Waals surface area (Å²) < 4.78 is 30.8. The molecule has 12 heteroatoms. The molecule has 256 valence electrons. The largest absolute Gasteiger partial charge is 0.336 e. The van der Waals surface area contributed by atoms with Gasteiger partial charge in [-0.05, 0) is 65.2 Å². The second-order valence-corrected chi connectivity index (χ2v) is 13.1. The van der Waals surface area contributed by atoms with Crippen molar-refractivity contribution >= 4 is 29.3 Å². The van der Waals surface area contributed by atoms with Crippen LogP contribution in [0.2, 0.25) is 5.02 Å². The van der Waals surface area contributed by atoms with Gasteiger partial charge in [-0.1, -0.05) is 79.7 Å². The molecule has 0 unspecified atom stereocenters. The number of carbonyl (C=O) groups is 1. The van der Waals surface area contributed by atoms with Gasteiger partial charge in [0.05, 0.1) is 6.20 Å². The fourth-order valence-electron chi connectivity index (χ4n) is 5.44. The van der Waals surface area contributed by atoms with Gasteiger partial charge in [0.15, 0.2) is 16.8 Å². The zero-order valence-corrected chi connectivity index (χ0v) is 29.4. The SMILES string of the molecule is CCN(CC)CCN(Cc1ccc(-c2ccc(Cl)cc2)cc1)C(=O)Cn1cc(Cc2cnn(C)c2)c(=O)nc1SCc1ccc(F)c(F)c1. The minimum atomic E-state index is -0.949. The smallest absolute Gasteiger partial charge is 0.277 e. The lowest BCUT2D eigenvalue weighted by molar-refractivity contribution is -0.132. The van der Waals surface area contributed by atoms with Gasteiger partial charge in [0, 0.05) is 61.8 Å². The van der Waals surface area contributed by atoms with Crippen molar-refractivity contribution < 1.29 is 13.6 Å². The first kappa shape index (κ1) is 36.0. The molecule has 0 aliphatic carbocycles. The minimum Gasteiger partial charge on any atom is -0.336 e. The molecule has 5 rings (SSSR count). The van der Waals surface area contributed by atoms with Crippen LogP contribution >= 0.6 is 23.4 Å². The highest BCUT2D eigenvalue weighted by Crippen LogP contribution is 2.24. The van der Waals surface area contributed by atoms with Crippen molar-refractivity contribution in [1.29, 1.82) is 0 Å². The molecule has 1 amide bonds.